The first-order chi connectivity index (χ1) is 9.78. The van der Waals surface area contributed by atoms with Gasteiger partial charge in [-0.1, -0.05) is 24.3 Å². The van der Waals surface area contributed by atoms with Crippen molar-refractivity contribution in [1.82, 2.24) is 19.8 Å². The Bertz CT molecular complexity index is 751. The largest absolute Gasteiger partial charge is 0.490 e. The third-order valence-electron chi connectivity index (χ3n) is 2.71. The van der Waals surface area contributed by atoms with E-state index in [9.17, 15) is 0 Å². The predicted molar refractivity (Wildman–Crippen MR) is 76.9 cm³/mol. The fraction of sp³-hybridized carbons (Fsp3) is 0.0714. The lowest BCUT2D eigenvalue weighted by Gasteiger charge is -2.04. The van der Waals surface area contributed by atoms with Crippen LogP contribution in [-0.2, 0) is 0 Å². The Balaban J connectivity index is 1.98. The maximum Gasteiger partial charge on any atom is 0.185 e. The molecule has 0 saturated heterocycles. The van der Waals surface area contributed by atoms with E-state index in [1.807, 2.05) is 24.3 Å². The summed E-state index contributed by atoms with van der Waals surface area (Å²) in [7, 11) is 0. The maximum absolute atomic E-state index is 5.90. The van der Waals surface area contributed by atoms with Gasteiger partial charge >= 0.3 is 0 Å². The molecule has 6 heteroatoms. The van der Waals surface area contributed by atoms with Crippen molar-refractivity contribution >= 4 is 17.2 Å². The molecule has 3 rings (SSSR count). The van der Waals surface area contributed by atoms with Gasteiger partial charge in [0.15, 0.2) is 11.5 Å². The number of fused-ring (bicyclic) bond motifs is 1. The van der Waals surface area contributed by atoms with Crippen molar-refractivity contribution in [2.24, 2.45) is 0 Å². The van der Waals surface area contributed by atoms with Crippen LogP contribution in [0.1, 0.15) is 0 Å². The Hall–Kier alpha value is -2.40. The summed E-state index contributed by atoms with van der Waals surface area (Å²) in [4.78, 5) is 0. The van der Waals surface area contributed by atoms with Gasteiger partial charge in [0.1, 0.15) is 17.5 Å². The summed E-state index contributed by atoms with van der Waals surface area (Å²) in [5.74, 6) is 1.41. The SMILES string of the molecule is C=CCOc1ccc(-c2nnc3ccc(Cl)nn23)cc1. The zero-order valence-electron chi connectivity index (χ0n) is 10.5. The van der Waals surface area contributed by atoms with Gasteiger partial charge in [-0.25, -0.2) is 0 Å². The molecule has 100 valence electrons. The summed E-state index contributed by atoms with van der Waals surface area (Å²) >= 11 is 5.90. The van der Waals surface area contributed by atoms with Crippen molar-refractivity contribution in [2.75, 3.05) is 6.61 Å². The predicted octanol–water partition coefficient (Wildman–Crippen LogP) is 3.01. The molecule has 0 aliphatic carbocycles. The van der Waals surface area contributed by atoms with E-state index >= 15 is 0 Å². The summed E-state index contributed by atoms with van der Waals surface area (Å²) in [5.41, 5.74) is 1.54. The molecule has 0 amide bonds. The van der Waals surface area contributed by atoms with Crippen molar-refractivity contribution < 1.29 is 4.74 Å². The van der Waals surface area contributed by atoms with Crippen molar-refractivity contribution in [2.45, 2.75) is 0 Å². The first-order valence-corrected chi connectivity index (χ1v) is 6.38. The van der Waals surface area contributed by atoms with Gasteiger partial charge in [0.05, 0.1) is 0 Å². The van der Waals surface area contributed by atoms with Crippen LogP contribution in [0.2, 0.25) is 5.15 Å². The van der Waals surface area contributed by atoms with Gasteiger partial charge in [0.2, 0.25) is 0 Å². The molecule has 0 N–H and O–H groups in total. The lowest BCUT2D eigenvalue weighted by molar-refractivity contribution is 0.363. The molecule has 5 nitrogen and oxygen atoms in total. The number of benzene rings is 1. The molecular weight excluding hydrogens is 276 g/mol. The van der Waals surface area contributed by atoms with Crippen LogP contribution in [0.4, 0.5) is 0 Å². The summed E-state index contributed by atoms with van der Waals surface area (Å²) in [6.45, 7) is 4.09. The molecular formula is C14H11ClN4O. The van der Waals surface area contributed by atoms with Gasteiger partial charge in [-0.05, 0) is 36.4 Å². The molecule has 0 atom stereocenters. The van der Waals surface area contributed by atoms with Gasteiger partial charge in [-0.2, -0.15) is 9.61 Å². The number of ether oxygens (including phenoxy) is 1. The summed E-state index contributed by atoms with van der Waals surface area (Å²) in [6.07, 6.45) is 1.70. The second-order valence-electron chi connectivity index (χ2n) is 4.07. The molecule has 2 heterocycles. The van der Waals surface area contributed by atoms with Crippen LogP contribution in [0.3, 0.4) is 0 Å². The van der Waals surface area contributed by atoms with Crippen molar-refractivity contribution in [3.63, 3.8) is 0 Å². The van der Waals surface area contributed by atoms with Gasteiger partial charge in [0.25, 0.3) is 0 Å². The highest BCUT2D eigenvalue weighted by molar-refractivity contribution is 6.29. The molecule has 0 radical (unpaired) electrons. The second kappa shape index (κ2) is 5.30. The van der Waals surface area contributed by atoms with E-state index in [4.69, 9.17) is 16.3 Å². The minimum absolute atomic E-state index is 0.393. The third kappa shape index (κ3) is 2.35. The number of halogens is 1. The van der Waals surface area contributed by atoms with Crippen LogP contribution >= 0.6 is 11.6 Å². The molecule has 1 aromatic carbocycles. The van der Waals surface area contributed by atoms with E-state index in [0.717, 1.165) is 11.3 Å². The Morgan fingerprint density at radius 1 is 1.15 bits per heavy atom. The Labute approximate surface area is 120 Å². The Morgan fingerprint density at radius 2 is 1.95 bits per heavy atom. The molecule has 0 aliphatic rings. The average Bonchev–Trinajstić information content (AvgIpc) is 2.88. The normalized spacial score (nSPS) is 10.7. The zero-order valence-corrected chi connectivity index (χ0v) is 11.3. The van der Waals surface area contributed by atoms with Crippen LogP contribution in [0.15, 0.2) is 49.1 Å². The summed E-state index contributed by atoms with van der Waals surface area (Å²) in [6, 6.07) is 11.0. The quantitative estimate of drug-likeness (QED) is 0.692. The number of hydrogen-bond donors (Lipinski definition) is 0. The molecule has 0 spiro atoms. The number of aromatic nitrogens is 4. The van der Waals surface area contributed by atoms with Crippen molar-refractivity contribution in [3.8, 4) is 17.1 Å². The number of rotatable bonds is 4. The molecule has 0 bridgehead atoms. The minimum Gasteiger partial charge on any atom is -0.490 e. The lowest BCUT2D eigenvalue weighted by Crippen LogP contribution is -1.95. The van der Waals surface area contributed by atoms with Gasteiger partial charge in [0, 0.05) is 5.56 Å². The maximum atomic E-state index is 5.90. The zero-order chi connectivity index (χ0) is 13.9. The van der Waals surface area contributed by atoms with Gasteiger partial charge in [-0.15, -0.1) is 10.2 Å². The molecule has 0 aliphatic heterocycles. The standard InChI is InChI=1S/C14H11ClN4O/c1-2-9-20-11-5-3-10(4-6-11)14-17-16-13-8-7-12(15)18-19(13)14/h2-8H,1,9H2. The number of hydrogen-bond acceptors (Lipinski definition) is 4. The van der Waals surface area contributed by atoms with Crippen molar-refractivity contribution in [3.05, 3.63) is 54.2 Å². The van der Waals surface area contributed by atoms with Crippen LogP contribution in [-0.4, -0.2) is 26.4 Å². The van der Waals surface area contributed by atoms with Crippen molar-refractivity contribution in [1.29, 1.82) is 0 Å². The number of nitrogens with zero attached hydrogens (tertiary/aromatic N) is 4. The molecule has 2 aromatic heterocycles. The molecule has 20 heavy (non-hydrogen) atoms. The smallest absolute Gasteiger partial charge is 0.185 e. The van der Waals surface area contributed by atoms with Gasteiger partial charge in [-0.3, -0.25) is 0 Å². The van der Waals surface area contributed by atoms with Crippen LogP contribution in [0, 0.1) is 0 Å². The Morgan fingerprint density at radius 3 is 2.70 bits per heavy atom. The first kappa shape index (κ1) is 12.6. The average molecular weight is 287 g/mol. The molecule has 0 fully saturated rings. The lowest BCUT2D eigenvalue weighted by atomic mass is 10.2. The highest BCUT2D eigenvalue weighted by Gasteiger charge is 2.09. The van der Waals surface area contributed by atoms with E-state index in [2.05, 4.69) is 21.9 Å². The second-order valence-corrected chi connectivity index (χ2v) is 4.46. The fourth-order valence-corrected chi connectivity index (χ4v) is 1.94. The molecule has 3 aromatic rings. The van der Waals surface area contributed by atoms with E-state index in [0.29, 0.717) is 23.2 Å². The van der Waals surface area contributed by atoms with Gasteiger partial charge < -0.3 is 4.74 Å². The first-order valence-electron chi connectivity index (χ1n) is 6.00. The topological polar surface area (TPSA) is 52.3 Å². The van der Waals surface area contributed by atoms with Crippen LogP contribution < -0.4 is 4.74 Å². The third-order valence-corrected chi connectivity index (χ3v) is 2.91. The minimum atomic E-state index is 0.393. The highest BCUT2D eigenvalue weighted by atomic mass is 35.5. The van der Waals surface area contributed by atoms with Crippen LogP contribution in [0.25, 0.3) is 17.0 Å². The summed E-state index contributed by atoms with van der Waals surface area (Å²) < 4.78 is 7.05. The molecule has 0 unspecified atom stereocenters. The van der Waals surface area contributed by atoms with E-state index in [1.165, 1.54) is 0 Å². The Kier molecular flexibility index (Phi) is 3.35. The highest BCUT2D eigenvalue weighted by Crippen LogP contribution is 2.21. The fourth-order valence-electron chi connectivity index (χ4n) is 1.80. The van der Waals surface area contributed by atoms with E-state index in [-0.39, 0.29) is 0 Å². The molecule has 0 saturated carbocycles. The monoisotopic (exact) mass is 286 g/mol. The van der Waals surface area contributed by atoms with E-state index in [1.54, 1.807) is 22.7 Å². The van der Waals surface area contributed by atoms with E-state index < -0.39 is 0 Å². The summed E-state index contributed by atoms with van der Waals surface area (Å²) in [5, 5.41) is 12.8. The van der Waals surface area contributed by atoms with Crippen LogP contribution in [0.5, 0.6) is 5.75 Å².